The number of sulfonamides is 1. The van der Waals surface area contributed by atoms with E-state index in [4.69, 9.17) is 5.73 Å². The van der Waals surface area contributed by atoms with Gasteiger partial charge in [-0.3, -0.25) is 4.79 Å². The molecule has 0 aliphatic heterocycles. The SMILES string of the molecule is CC(C)C(N)CCN(C)C(=O)CCNS(=O)(=O)c1ccccc1.Cl. The number of hydrogen-bond donors (Lipinski definition) is 2. The number of benzene rings is 1. The number of nitrogens with zero attached hydrogens (tertiary/aromatic N) is 1. The predicted molar refractivity (Wildman–Crippen MR) is 98.6 cm³/mol. The molecular weight excluding hydrogens is 350 g/mol. The summed E-state index contributed by atoms with van der Waals surface area (Å²) in [6, 6.07) is 8.16. The highest BCUT2D eigenvalue weighted by molar-refractivity contribution is 7.89. The molecule has 24 heavy (non-hydrogen) atoms. The summed E-state index contributed by atoms with van der Waals surface area (Å²) >= 11 is 0. The Bertz CT molecular complexity index is 594. The monoisotopic (exact) mass is 377 g/mol. The van der Waals surface area contributed by atoms with Gasteiger partial charge in [-0.2, -0.15) is 0 Å². The number of hydrogen-bond acceptors (Lipinski definition) is 4. The second kappa shape index (κ2) is 10.7. The van der Waals surface area contributed by atoms with Crippen LogP contribution in [0.5, 0.6) is 0 Å². The second-order valence-corrected chi connectivity index (χ2v) is 7.74. The maximum absolute atomic E-state index is 12.0. The minimum Gasteiger partial charge on any atom is -0.346 e. The highest BCUT2D eigenvalue weighted by Crippen LogP contribution is 2.07. The van der Waals surface area contributed by atoms with Crippen molar-refractivity contribution in [3.8, 4) is 0 Å². The average molecular weight is 378 g/mol. The number of nitrogens with one attached hydrogen (secondary N) is 1. The van der Waals surface area contributed by atoms with Gasteiger partial charge in [0.05, 0.1) is 4.90 Å². The Labute approximate surface area is 151 Å². The van der Waals surface area contributed by atoms with E-state index in [1.165, 1.54) is 12.1 Å². The molecule has 0 saturated heterocycles. The molecule has 1 rings (SSSR count). The third-order valence-corrected chi connectivity index (χ3v) is 5.24. The molecule has 0 saturated carbocycles. The third-order valence-electron chi connectivity index (χ3n) is 3.76. The Morgan fingerprint density at radius 2 is 1.83 bits per heavy atom. The van der Waals surface area contributed by atoms with E-state index in [0.717, 1.165) is 6.42 Å². The summed E-state index contributed by atoms with van der Waals surface area (Å²) in [6.45, 7) is 4.75. The first-order valence-corrected chi connectivity index (χ1v) is 9.26. The van der Waals surface area contributed by atoms with Crippen LogP contribution in [0.3, 0.4) is 0 Å². The van der Waals surface area contributed by atoms with Crippen molar-refractivity contribution >= 4 is 28.3 Å². The van der Waals surface area contributed by atoms with Crippen LogP contribution in [0.25, 0.3) is 0 Å². The Kier molecular flexibility index (Phi) is 10.1. The van der Waals surface area contributed by atoms with Crippen LogP contribution in [0, 0.1) is 5.92 Å². The maximum Gasteiger partial charge on any atom is 0.240 e. The van der Waals surface area contributed by atoms with Gasteiger partial charge in [-0.05, 0) is 24.5 Å². The zero-order valence-electron chi connectivity index (χ0n) is 14.4. The van der Waals surface area contributed by atoms with Crippen LogP contribution in [0.15, 0.2) is 35.2 Å². The first-order valence-electron chi connectivity index (χ1n) is 7.78. The lowest BCUT2D eigenvalue weighted by Crippen LogP contribution is -2.36. The molecule has 0 aliphatic rings. The van der Waals surface area contributed by atoms with Gasteiger partial charge in [-0.25, -0.2) is 13.1 Å². The van der Waals surface area contributed by atoms with Gasteiger partial charge in [-0.15, -0.1) is 12.4 Å². The number of nitrogens with two attached hydrogens (primary N) is 1. The molecule has 138 valence electrons. The fraction of sp³-hybridized carbons (Fsp3) is 0.562. The fourth-order valence-corrected chi connectivity index (χ4v) is 3.02. The molecule has 1 atom stereocenters. The lowest BCUT2D eigenvalue weighted by molar-refractivity contribution is -0.129. The van der Waals surface area contributed by atoms with Crippen molar-refractivity contribution < 1.29 is 13.2 Å². The number of carbonyl (C=O) groups excluding carboxylic acids is 1. The molecule has 0 heterocycles. The molecule has 0 bridgehead atoms. The van der Waals surface area contributed by atoms with E-state index >= 15 is 0 Å². The van der Waals surface area contributed by atoms with E-state index in [-0.39, 0.29) is 42.2 Å². The quantitative estimate of drug-likeness (QED) is 0.683. The molecule has 0 aromatic heterocycles. The van der Waals surface area contributed by atoms with Crippen LogP contribution in [-0.2, 0) is 14.8 Å². The zero-order valence-corrected chi connectivity index (χ0v) is 16.1. The molecule has 0 aliphatic carbocycles. The maximum atomic E-state index is 12.0. The van der Waals surface area contributed by atoms with Gasteiger partial charge in [0.1, 0.15) is 0 Å². The molecular formula is C16H28ClN3O3S. The van der Waals surface area contributed by atoms with Crippen LogP contribution >= 0.6 is 12.4 Å². The highest BCUT2D eigenvalue weighted by atomic mass is 35.5. The first kappa shape index (κ1) is 22.9. The van der Waals surface area contributed by atoms with Crippen molar-refractivity contribution in [3.05, 3.63) is 30.3 Å². The van der Waals surface area contributed by atoms with Gasteiger partial charge >= 0.3 is 0 Å². The Hall–Kier alpha value is -1.15. The van der Waals surface area contributed by atoms with Gasteiger partial charge in [0.25, 0.3) is 0 Å². The lowest BCUT2D eigenvalue weighted by atomic mass is 10.0. The van der Waals surface area contributed by atoms with Crippen molar-refractivity contribution in [1.82, 2.24) is 9.62 Å². The molecule has 1 aromatic carbocycles. The second-order valence-electron chi connectivity index (χ2n) is 5.97. The number of carbonyl (C=O) groups is 1. The molecule has 1 unspecified atom stereocenters. The third kappa shape index (κ3) is 7.61. The van der Waals surface area contributed by atoms with E-state index in [1.54, 1.807) is 30.1 Å². The summed E-state index contributed by atoms with van der Waals surface area (Å²) in [7, 11) is -1.85. The topological polar surface area (TPSA) is 92.5 Å². The van der Waals surface area contributed by atoms with Gasteiger partial charge < -0.3 is 10.6 Å². The van der Waals surface area contributed by atoms with Crippen LogP contribution in [0.1, 0.15) is 26.7 Å². The van der Waals surface area contributed by atoms with E-state index in [1.807, 2.05) is 13.8 Å². The van der Waals surface area contributed by atoms with Crippen molar-refractivity contribution in [2.75, 3.05) is 20.1 Å². The molecule has 3 N–H and O–H groups in total. The van der Waals surface area contributed by atoms with Crippen LogP contribution in [0.2, 0.25) is 0 Å². The molecule has 0 radical (unpaired) electrons. The Morgan fingerprint density at radius 3 is 2.38 bits per heavy atom. The van der Waals surface area contributed by atoms with Crippen molar-refractivity contribution in [2.24, 2.45) is 11.7 Å². The minimum atomic E-state index is -3.56. The normalized spacial score (nSPS) is 12.5. The number of amides is 1. The Morgan fingerprint density at radius 1 is 1.25 bits per heavy atom. The van der Waals surface area contributed by atoms with Gasteiger partial charge in [0.2, 0.25) is 15.9 Å². The zero-order chi connectivity index (χ0) is 17.5. The first-order chi connectivity index (χ1) is 10.7. The van der Waals surface area contributed by atoms with Crippen LogP contribution in [-0.4, -0.2) is 45.4 Å². The smallest absolute Gasteiger partial charge is 0.240 e. The van der Waals surface area contributed by atoms with E-state index in [0.29, 0.717) is 12.5 Å². The molecule has 8 heteroatoms. The van der Waals surface area contributed by atoms with E-state index in [9.17, 15) is 13.2 Å². The predicted octanol–water partition coefficient (Wildman–Crippen LogP) is 1.61. The van der Waals surface area contributed by atoms with Crippen molar-refractivity contribution in [2.45, 2.75) is 37.6 Å². The summed E-state index contributed by atoms with van der Waals surface area (Å²) < 4.78 is 26.5. The van der Waals surface area contributed by atoms with E-state index in [2.05, 4.69) is 4.72 Å². The van der Waals surface area contributed by atoms with Crippen LogP contribution in [0.4, 0.5) is 0 Å². The van der Waals surface area contributed by atoms with E-state index < -0.39 is 10.0 Å². The summed E-state index contributed by atoms with van der Waals surface area (Å²) in [5, 5.41) is 0. The van der Waals surface area contributed by atoms with Crippen LogP contribution < -0.4 is 10.5 Å². The number of halogens is 1. The molecule has 0 fully saturated rings. The Balaban J connectivity index is 0.00000529. The molecule has 0 spiro atoms. The average Bonchev–Trinajstić information content (AvgIpc) is 2.52. The van der Waals surface area contributed by atoms with Crippen molar-refractivity contribution in [1.29, 1.82) is 0 Å². The summed E-state index contributed by atoms with van der Waals surface area (Å²) in [6.07, 6.45) is 0.856. The van der Waals surface area contributed by atoms with Gasteiger partial charge in [0.15, 0.2) is 0 Å². The van der Waals surface area contributed by atoms with Crippen molar-refractivity contribution in [3.63, 3.8) is 0 Å². The largest absolute Gasteiger partial charge is 0.346 e. The highest BCUT2D eigenvalue weighted by Gasteiger charge is 2.16. The standard InChI is InChI=1S/C16H27N3O3S.ClH/c1-13(2)15(17)10-12-19(3)16(20)9-11-18-23(21,22)14-7-5-4-6-8-14;/h4-8,13,15,18H,9-12,17H2,1-3H3;1H. The minimum absolute atomic E-state index is 0. The summed E-state index contributed by atoms with van der Waals surface area (Å²) in [5.41, 5.74) is 5.96. The number of rotatable bonds is 9. The van der Waals surface area contributed by atoms with Gasteiger partial charge in [-0.1, -0.05) is 32.0 Å². The molecule has 1 amide bonds. The lowest BCUT2D eigenvalue weighted by Gasteiger charge is -2.21. The summed E-state index contributed by atoms with van der Waals surface area (Å²) in [5.74, 6) is 0.271. The summed E-state index contributed by atoms with van der Waals surface area (Å²) in [4.78, 5) is 13.8. The fourth-order valence-electron chi connectivity index (χ4n) is 1.97. The molecule has 6 nitrogen and oxygen atoms in total. The van der Waals surface area contributed by atoms with Gasteiger partial charge in [0, 0.05) is 32.6 Å². The molecule has 1 aromatic rings.